The van der Waals surface area contributed by atoms with Crippen molar-refractivity contribution >= 4 is 11.7 Å². The first-order chi connectivity index (χ1) is 15.1. The SMILES string of the molecule is CC(=O)NC(Cc1cc(F)cc(F)c1)C(O)CNC1CC(=O)Cc2ccc(C(C)C)cc21. The van der Waals surface area contributed by atoms with Crippen molar-refractivity contribution in [3.8, 4) is 0 Å². The molecule has 3 N–H and O–H groups in total. The molecule has 5 nitrogen and oxygen atoms in total. The topological polar surface area (TPSA) is 78.4 Å². The normalized spacial score (nSPS) is 17.7. The van der Waals surface area contributed by atoms with Crippen molar-refractivity contribution < 1.29 is 23.5 Å². The third-order valence-electron chi connectivity index (χ3n) is 5.84. The van der Waals surface area contributed by atoms with E-state index < -0.39 is 23.8 Å². The molecule has 32 heavy (non-hydrogen) atoms. The van der Waals surface area contributed by atoms with Crippen LogP contribution in [0.25, 0.3) is 0 Å². The lowest BCUT2D eigenvalue weighted by molar-refractivity contribution is -0.120. The molecule has 3 unspecified atom stereocenters. The van der Waals surface area contributed by atoms with Crippen LogP contribution in [-0.4, -0.2) is 35.5 Å². The molecule has 0 spiro atoms. The summed E-state index contributed by atoms with van der Waals surface area (Å²) in [6, 6.07) is 8.29. The number of Topliss-reactive ketones (excluding diaryl/α,β-unsaturated/α-hetero) is 1. The molecule has 0 aromatic heterocycles. The summed E-state index contributed by atoms with van der Waals surface area (Å²) in [5, 5.41) is 16.7. The van der Waals surface area contributed by atoms with Crippen molar-refractivity contribution in [1.82, 2.24) is 10.6 Å². The summed E-state index contributed by atoms with van der Waals surface area (Å²) in [6.45, 7) is 5.64. The lowest BCUT2D eigenvalue weighted by atomic mass is 9.84. The summed E-state index contributed by atoms with van der Waals surface area (Å²) in [5.74, 6) is -1.32. The Morgan fingerprint density at radius 1 is 1.16 bits per heavy atom. The molecule has 2 aromatic carbocycles. The van der Waals surface area contributed by atoms with E-state index >= 15 is 0 Å². The maximum absolute atomic E-state index is 13.6. The lowest BCUT2D eigenvalue weighted by Gasteiger charge is -2.30. The minimum Gasteiger partial charge on any atom is -0.390 e. The van der Waals surface area contributed by atoms with Gasteiger partial charge in [-0.3, -0.25) is 9.59 Å². The smallest absolute Gasteiger partial charge is 0.217 e. The number of fused-ring (bicyclic) bond motifs is 1. The highest BCUT2D eigenvalue weighted by atomic mass is 19.1. The fourth-order valence-electron chi connectivity index (χ4n) is 4.19. The second kappa shape index (κ2) is 10.3. The van der Waals surface area contributed by atoms with Gasteiger partial charge in [-0.25, -0.2) is 8.78 Å². The standard InChI is InChI=1S/C25H30F2N2O3/c1-14(2)17-4-5-18-9-21(31)12-23(22(18)10-17)28-13-25(32)24(29-15(3)30)8-16-6-19(26)11-20(27)7-16/h4-7,10-11,14,23-25,28,32H,8-9,12-13H2,1-3H3,(H,29,30). The molecular weight excluding hydrogens is 414 g/mol. The molecule has 1 aliphatic rings. The van der Waals surface area contributed by atoms with E-state index in [0.29, 0.717) is 24.3 Å². The number of halogens is 2. The van der Waals surface area contributed by atoms with Crippen LogP contribution in [0.4, 0.5) is 8.78 Å². The third-order valence-corrected chi connectivity index (χ3v) is 5.84. The number of hydrogen-bond donors (Lipinski definition) is 3. The highest BCUT2D eigenvalue weighted by molar-refractivity contribution is 5.84. The number of rotatable bonds is 8. The average Bonchev–Trinajstić information content (AvgIpc) is 2.69. The first kappa shape index (κ1) is 24.0. The number of aliphatic hydroxyl groups excluding tert-OH is 1. The molecule has 0 fully saturated rings. The molecule has 3 rings (SSSR count). The number of carbonyl (C=O) groups is 2. The van der Waals surface area contributed by atoms with Crippen molar-refractivity contribution in [3.63, 3.8) is 0 Å². The molecule has 0 radical (unpaired) electrons. The zero-order valence-corrected chi connectivity index (χ0v) is 18.6. The molecular formula is C25H30F2N2O3. The zero-order valence-electron chi connectivity index (χ0n) is 18.6. The molecule has 0 aliphatic heterocycles. The molecule has 0 saturated heterocycles. The van der Waals surface area contributed by atoms with E-state index in [-0.39, 0.29) is 30.7 Å². The van der Waals surface area contributed by atoms with Gasteiger partial charge < -0.3 is 15.7 Å². The van der Waals surface area contributed by atoms with E-state index in [9.17, 15) is 23.5 Å². The highest BCUT2D eigenvalue weighted by Crippen LogP contribution is 2.31. The van der Waals surface area contributed by atoms with Gasteiger partial charge in [0, 0.05) is 38.4 Å². The number of hydrogen-bond acceptors (Lipinski definition) is 4. The van der Waals surface area contributed by atoms with Crippen LogP contribution in [0.1, 0.15) is 61.4 Å². The quantitative estimate of drug-likeness (QED) is 0.584. The van der Waals surface area contributed by atoms with Gasteiger partial charge in [-0.05, 0) is 46.7 Å². The monoisotopic (exact) mass is 444 g/mol. The van der Waals surface area contributed by atoms with Crippen LogP contribution in [0.3, 0.4) is 0 Å². The minimum atomic E-state index is -1.03. The van der Waals surface area contributed by atoms with Crippen molar-refractivity contribution in [2.75, 3.05) is 6.54 Å². The van der Waals surface area contributed by atoms with Crippen LogP contribution in [-0.2, 0) is 22.4 Å². The van der Waals surface area contributed by atoms with Gasteiger partial charge in [0.2, 0.25) is 5.91 Å². The van der Waals surface area contributed by atoms with E-state index in [2.05, 4.69) is 30.5 Å². The molecule has 0 bridgehead atoms. The van der Waals surface area contributed by atoms with E-state index in [4.69, 9.17) is 0 Å². The Kier molecular flexibility index (Phi) is 7.74. The molecule has 0 saturated carbocycles. The Bertz CT molecular complexity index is 973. The fourth-order valence-corrected chi connectivity index (χ4v) is 4.19. The van der Waals surface area contributed by atoms with Gasteiger partial charge >= 0.3 is 0 Å². The zero-order chi connectivity index (χ0) is 23.4. The lowest BCUT2D eigenvalue weighted by Crippen LogP contribution is -2.49. The van der Waals surface area contributed by atoms with Crippen molar-refractivity contribution in [2.24, 2.45) is 0 Å². The number of aliphatic hydroxyl groups is 1. The second-order valence-electron chi connectivity index (χ2n) is 8.85. The van der Waals surface area contributed by atoms with Gasteiger partial charge in [-0.2, -0.15) is 0 Å². The van der Waals surface area contributed by atoms with Crippen LogP contribution in [0.2, 0.25) is 0 Å². The van der Waals surface area contributed by atoms with Crippen LogP contribution in [0, 0.1) is 11.6 Å². The fraction of sp³-hybridized carbons (Fsp3) is 0.440. The maximum Gasteiger partial charge on any atom is 0.217 e. The molecule has 1 aliphatic carbocycles. The van der Waals surface area contributed by atoms with Crippen LogP contribution < -0.4 is 10.6 Å². The van der Waals surface area contributed by atoms with Crippen LogP contribution in [0.5, 0.6) is 0 Å². The van der Waals surface area contributed by atoms with Crippen LogP contribution in [0.15, 0.2) is 36.4 Å². The van der Waals surface area contributed by atoms with Crippen molar-refractivity contribution in [3.05, 3.63) is 70.3 Å². The summed E-state index contributed by atoms with van der Waals surface area (Å²) >= 11 is 0. The number of amides is 1. The third kappa shape index (κ3) is 6.20. The predicted octanol–water partition coefficient (Wildman–Crippen LogP) is 3.34. The van der Waals surface area contributed by atoms with E-state index in [1.807, 2.05) is 12.1 Å². The van der Waals surface area contributed by atoms with Gasteiger partial charge in [-0.15, -0.1) is 0 Å². The number of ketones is 1. The summed E-state index contributed by atoms with van der Waals surface area (Å²) in [6.07, 6.45) is -0.247. The molecule has 7 heteroatoms. The Morgan fingerprint density at radius 3 is 2.47 bits per heavy atom. The second-order valence-corrected chi connectivity index (χ2v) is 8.85. The Balaban J connectivity index is 1.74. The highest BCUT2D eigenvalue weighted by Gasteiger charge is 2.28. The molecule has 1 amide bonds. The number of carbonyl (C=O) groups excluding carboxylic acids is 2. The van der Waals surface area contributed by atoms with Gasteiger partial charge in [0.1, 0.15) is 17.4 Å². The van der Waals surface area contributed by atoms with E-state index in [0.717, 1.165) is 17.2 Å². The van der Waals surface area contributed by atoms with Gasteiger partial charge in [0.05, 0.1) is 12.1 Å². The molecule has 172 valence electrons. The maximum atomic E-state index is 13.6. The molecule has 3 atom stereocenters. The largest absolute Gasteiger partial charge is 0.390 e. The Labute approximate surface area is 187 Å². The number of nitrogens with one attached hydrogen (secondary N) is 2. The van der Waals surface area contributed by atoms with Crippen molar-refractivity contribution in [1.29, 1.82) is 0 Å². The summed E-state index contributed by atoms with van der Waals surface area (Å²) in [4.78, 5) is 23.9. The summed E-state index contributed by atoms with van der Waals surface area (Å²) in [7, 11) is 0. The Hall–Kier alpha value is -2.64. The summed E-state index contributed by atoms with van der Waals surface area (Å²) in [5.41, 5.74) is 3.53. The van der Waals surface area contributed by atoms with Gasteiger partial charge in [-0.1, -0.05) is 32.0 Å². The molecule has 0 heterocycles. The van der Waals surface area contributed by atoms with Gasteiger partial charge in [0.25, 0.3) is 0 Å². The summed E-state index contributed by atoms with van der Waals surface area (Å²) < 4.78 is 27.1. The van der Waals surface area contributed by atoms with E-state index in [1.54, 1.807) is 0 Å². The molecule has 2 aromatic rings. The van der Waals surface area contributed by atoms with E-state index in [1.165, 1.54) is 24.6 Å². The first-order valence-electron chi connectivity index (χ1n) is 10.9. The predicted molar refractivity (Wildman–Crippen MR) is 118 cm³/mol. The average molecular weight is 445 g/mol. The van der Waals surface area contributed by atoms with Crippen LogP contribution >= 0.6 is 0 Å². The van der Waals surface area contributed by atoms with Crippen molar-refractivity contribution in [2.45, 2.75) is 64.1 Å². The number of benzene rings is 2. The first-order valence-corrected chi connectivity index (χ1v) is 10.9. The Morgan fingerprint density at radius 2 is 1.84 bits per heavy atom. The minimum absolute atomic E-state index is 0.0643. The van der Waals surface area contributed by atoms with Gasteiger partial charge in [0.15, 0.2) is 0 Å².